The van der Waals surface area contributed by atoms with Crippen LogP contribution in [0.3, 0.4) is 0 Å². The number of anilines is 1. The summed E-state index contributed by atoms with van der Waals surface area (Å²) in [6.45, 7) is 5.51. The Morgan fingerprint density at radius 3 is 2.00 bits per heavy atom. The Balaban J connectivity index is 2.14. The van der Waals surface area contributed by atoms with E-state index in [4.69, 9.17) is 0 Å². The van der Waals surface area contributed by atoms with Crippen LogP contribution in [0.1, 0.15) is 38.8 Å². The van der Waals surface area contributed by atoms with E-state index in [1.807, 2.05) is 32.0 Å². The molecule has 0 aliphatic carbocycles. The Kier molecular flexibility index (Phi) is 3.99. The highest BCUT2D eigenvalue weighted by molar-refractivity contribution is 6.04. The number of nitrogens with one attached hydrogen (secondary N) is 1. The SMILES string of the molecule is CC(=O)c1ccc(NC(=O)c2ccc(C)c(C)c2)cc1. The molecule has 0 radical (unpaired) electrons. The van der Waals surface area contributed by atoms with Crippen LogP contribution < -0.4 is 5.32 Å². The predicted octanol–water partition coefficient (Wildman–Crippen LogP) is 3.76. The summed E-state index contributed by atoms with van der Waals surface area (Å²) < 4.78 is 0. The van der Waals surface area contributed by atoms with Gasteiger partial charge >= 0.3 is 0 Å². The first-order valence-corrected chi connectivity index (χ1v) is 6.47. The standard InChI is InChI=1S/C17H17NO2/c1-11-4-5-15(10-12(11)2)17(20)18-16-8-6-14(7-9-16)13(3)19/h4-10H,1-3H3,(H,18,20). The molecule has 0 bridgehead atoms. The van der Waals surface area contributed by atoms with Crippen LogP contribution in [0, 0.1) is 13.8 Å². The molecule has 102 valence electrons. The molecule has 1 N–H and O–H groups in total. The minimum absolute atomic E-state index is 0.0111. The van der Waals surface area contributed by atoms with E-state index in [2.05, 4.69) is 5.32 Å². The smallest absolute Gasteiger partial charge is 0.255 e. The van der Waals surface area contributed by atoms with Crippen LogP contribution in [0.4, 0.5) is 5.69 Å². The number of amides is 1. The zero-order valence-electron chi connectivity index (χ0n) is 11.9. The lowest BCUT2D eigenvalue weighted by Crippen LogP contribution is -2.12. The molecule has 0 aliphatic heterocycles. The molecule has 2 rings (SSSR count). The second-order valence-corrected chi connectivity index (χ2v) is 4.89. The maximum absolute atomic E-state index is 12.1. The number of rotatable bonds is 3. The van der Waals surface area contributed by atoms with Crippen LogP contribution in [0.15, 0.2) is 42.5 Å². The summed E-state index contributed by atoms with van der Waals surface area (Å²) in [7, 11) is 0. The Hall–Kier alpha value is -2.42. The molecule has 0 saturated carbocycles. The highest BCUT2D eigenvalue weighted by atomic mass is 16.1. The van der Waals surface area contributed by atoms with Gasteiger partial charge in [-0.2, -0.15) is 0 Å². The molecule has 0 spiro atoms. The van der Waals surface area contributed by atoms with Crippen LogP contribution in [-0.2, 0) is 0 Å². The summed E-state index contributed by atoms with van der Waals surface area (Å²) in [6.07, 6.45) is 0. The van der Waals surface area contributed by atoms with Crippen LogP contribution in [0.5, 0.6) is 0 Å². The Bertz CT molecular complexity index is 657. The molecule has 0 saturated heterocycles. The highest BCUT2D eigenvalue weighted by Crippen LogP contribution is 2.14. The molecular formula is C17H17NO2. The first kappa shape index (κ1) is 14.0. The van der Waals surface area contributed by atoms with E-state index >= 15 is 0 Å². The molecule has 1 amide bonds. The lowest BCUT2D eigenvalue weighted by Gasteiger charge is -2.07. The van der Waals surface area contributed by atoms with E-state index in [1.165, 1.54) is 6.92 Å². The van der Waals surface area contributed by atoms with Gasteiger partial charge in [0.15, 0.2) is 5.78 Å². The van der Waals surface area contributed by atoms with Crippen LogP contribution in [0.25, 0.3) is 0 Å². The van der Waals surface area contributed by atoms with E-state index in [9.17, 15) is 9.59 Å². The van der Waals surface area contributed by atoms with Gasteiger partial charge in [0.25, 0.3) is 5.91 Å². The maximum Gasteiger partial charge on any atom is 0.255 e. The van der Waals surface area contributed by atoms with Crippen molar-refractivity contribution >= 4 is 17.4 Å². The first-order chi connectivity index (χ1) is 9.47. The summed E-state index contributed by atoms with van der Waals surface area (Å²) in [4.78, 5) is 23.3. The molecular weight excluding hydrogens is 250 g/mol. The normalized spacial score (nSPS) is 10.2. The van der Waals surface area contributed by atoms with E-state index in [1.54, 1.807) is 24.3 Å². The number of hydrogen-bond donors (Lipinski definition) is 1. The Morgan fingerprint density at radius 1 is 0.850 bits per heavy atom. The van der Waals surface area contributed by atoms with Gasteiger partial charge in [0.2, 0.25) is 0 Å². The Labute approximate surface area is 118 Å². The number of hydrogen-bond acceptors (Lipinski definition) is 2. The van der Waals surface area contributed by atoms with E-state index in [0.29, 0.717) is 16.8 Å². The summed E-state index contributed by atoms with van der Waals surface area (Å²) in [5.74, 6) is -0.138. The summed E-state index contributed by atoms with van der Waals surface area (Å²) >= 11 is 0. The van der Waals surface area contributed by atoms with Crippen LogP contribution in [0.2, 0.25) is 0 Å². The van der Waals surface area contributed by atoms with E-state index in [0.717, 1.165) is 11.1 Å². The molecule has 0 unspecified atom stereocenters. The fourth-order valence-electron chi connectivity index (χ4n) is 1.87. The molecule has 2 aromatic rings. The molecule has 0 heterocycles. The number of ketones is 1. The van der Waals surface area contributed by atoms with Gasteiger partial charge in [0.1, 0.15) is 0 Å². The van der Waals surface area contributed by atoms with Crippen molar-refractivity contribution < 1.29 is 9.59 Å². The molecule has 0 aromatic heterocycles. The van der Waals surface area contributed by atoms with Gasteiger partial charge in [-0.05, 0) is 68.3 Å². The third-order valence-electron chi connectivity index (χ3n) is 3.32. The first-order valence-electron chi connectivity index (χ1n) is 6.47. The number of benzene rings is 2. The van der Waals surface area contributed by atoms with Gasteiger partial charge in [-0.1, -0.05) is 6.07 Å². The average Bonchev–Trinajstić information content (AvgIpc) is 2.42. The largest absolute Gasteiger partial charge is 0.322 e. The zero-order chi connectivity index (χ0) is 14.7. The van der Waals surface area contributed by atoms with E-state index < -0.39 is 0 Å². The molecule has 0 aliphatic rings. The second-order valence-electron chi connectivity index (χ2n) is 4.89. The quantitative estimate of drug-likeness (QED) is 0.861. The van der Waals surface area contributed by atoms with Gasteiger partial charge in [0, 0.05) is 16.8 Å². The summed E-state index contributed by atoms with van der Waals surface area (Å²) in [6, 6.07) is 12.5. The van der Waals surface area contributed by atoms with Crippen molar-refractivity contribution in [3.63, 3.8) is 0 Å². The lowest BCUT2D eigenvalue weighted by molar-refractivity contribution is 0.101. The average molecular weight is 267 g/mol. The lowest BCUT2D eigenvalue weighted by atomic mass is 10.1. The van der Waals surface area contributed by atoms with Crippen molar-refractivity contribution in [2.45, 2.75) is 20.8 Å². The molecule has 3 nitrogen and oxygen atoms in total. The number of aryl methyl sites for hydroxylation is 2. The monoisotopic (exact) mass is 267 g/mol. The van der Waals surface area contributed by atoms with Crippen LogP contribution in [-0.4, -0.2) is 11.7 Å². The van der Waals surface area contributed by atoms with Gasteiger partial charge in [-0.25, -0.2) is 0 Å². The van der Waals surface area contributed by atoms with Crippen molar-refractivity contribution in [1.82, 2.24) is 0 Å². The zero-order valence-corrected chi connectivity index (χ0v) is 11.9. The highest BCUT2D eigenvalue weighted by Gasteiger charge is 2.07. The van der Waals surface area contributed by atoms with Gasteiger partial charge in [-0.3, -0.25) is 9.59 Å². The Morgan fingerprint density at radius 2 is 1.45 bits per heavy atom. The van der Waals surface area contributed by atoms with Crippen molar-refractivity contribution in [2.24, 2.45) is 0 Å². The molecule has 0 atom stereocenters. The minimum atomic E-state index is -0.149. The molecule has 20 heavy (non-hydrogen) atoms. The van der Waals surface area contributed by atoms with Crippen molar-refractivity contribution in [2.75, 3.05) is 5.32 Å². The third-order valence-corrected chi connectivity index (χ3v) is 3.32. The summed E-state index contributed by atoms with van der Waals surface area (Å²) in [5, 5.41) is 2.82. The van der Waals surface area contributed by atoms with Gasteiger partial charge in [-0.15, -0.1) is 0 Å². The molecule has 3 heteroatoms. The minimum Gasteiger partial charge on any atom is -0.322 e. The number of carbonyl (C=O) groups excluding carboxylic acids is 2. The fraction of sp³-hybridized carbons (Fsp3) is 0.176. The third kappa shape index (κ3) is 3.12. The van der Waals surface area contributed by atoms with Crippen molar-refractivity contribution in [3.8, 4) is 0 Å². The van der Waals surface area contributed by atoms with E-state index in [-0.39, 0.29) is 11.7 Å². The summed E-state index contributed by atoms with van der Waals surface area (Å²) in [5.41, 5.74) is 4.19. The molecule has 0 fully saturated rings. The van der Waals surface area contributed by atoms with Gasteiger partial charge < -0.3 is 5.32 Å². The topological polar surface area (TPSA) is 46.2 Å². The van der Waals surface area contributed by atoms with Crippen molar-refractivity contribution in [3.05, 3.63) is 64.7 Å². The number of carbonyl (C=O) groups is 2. The van der Waals surface area contributed by atoms with Crippen molar-refractivity contribution in [1.29, 1.82) is 0 Å². The predicted molar refractivity (Wildman–Crippen MR) is 80.3 cm³/mol. The second kappa shape index (κ2) is 5.70. The van der Waals surface area contributed by atoms with Crippen LogP contribution >= 0.6 is 0 Å². The van der Waals surface area contributed by atoms with Gasteiger partial charge in [0.05, 0.1) is 0 Å². The fourth-order valence-corrected chi connectivity index (χ4v) is 1.87. The number of Topliss-reactive ketones (excluding diaryl/α,β-unsaturated/α-hetero) is 1. The molecule has 2 aromatic carbocycles. The maximum atomic E-state index is 12.1.